The Morgan fingerprint density at radius 3 is 2.17 bits per heavy atom. The van der Waals surface area contributed by atoms with Gasteiger partial charge in [0.05, 0.1) is 0 Å². The Bertz CT molecular complexity index is 1370. The first-order chi connectivity index (χ1) is 19.2. The van der Waals surface area contributed by atoms with E-state index in [2.05, 4.69) is 26.6 Å². The topological polar surface area (TPSA) is 128 Å². The Balaban J connectivity index is 1.69. The number of anilines is 2. The summed E-state index contributed by atoms with van der Waals surface area (Å²) < 4.78 is 0. The van der Waals surface area contributed by atoms with E-state index < -0.39 is 35.8 Å². The van der Waals surface area contributed by atoms with Crippen molar-refractivity contribution in [2.45, 2.75) is 51.9 Å². The molecule has 4 bridgehead atoms. The van der Waals surface area contributed by atoms with Crippen LogP contribution in [0.2, 0.25) is 0 Å². The molecule has 1 heterocycles. The van der Waals surface area contributed by atoms with Gasteiger partial charge in [0, 0.05) is 29.9 Å². The Kier molecular flexibility index (Phi) is 9.16. The zero-order chi connectivity index (χ0) is 28.6. The Hall–Kier alpha value is -4.66. The second-order valence-electron chi connectivity index (χ2n) is 10.3. The molecule has 9 heteroatoms. The third-order valence-electron chi connectivity index (χ3n) is 6.71. The SMILES string of the molecule is CC(C)C1NC(=O)C(Cc2ccccc2)NC(=O)c2cccc(c2)Nc2cccc(c2)CNC(=O)[C@H](C)NC1=O. The zero-order valence-corrected chi connectivity index (χ0v) is 22.9. The van der Waals surface area contributed by atoms with Gasteiger partial charge in [-0.1, -0.05) is 62.4 Å². The van der Waals surface area contributed by atoms with Crippen molar-refractivity contribution in [3.05, 3.63) is 95.6 Å². The Labute approximate surface area is 234 Å². The maximum absolute atomic E-state index is 13.5. The molecule has 3 aromatic rings. The highest BCUT2D eigenvalue weighted by molar-refractivity contribution is 5.99. The van der Waals surface area contributed by atoms with Crippen LogP contribution in [-0.2, 0) is 27.3 Å². The predicted molar refractivity (Wildman–Crippen MR) is 154 cm³/mol. The second kappa shape index (κ2) is 12.9. The van der Waals surface area contributed by atoms with Crippen LogP contribution in [0.4, 0.5) is 11.4 Å². The zero-order valence-electron chi connectivity index (χ0n) is 22.9. The summed E-state index contributed by atoms with van der Waals surface area (Å²) in [5, 5.41) is 14.5. The van der Waals surface area contributed by atoms with Crippen LogP contribution in [0.25, 0.3) is 0 Å². The number of rotatable bonds is 3. The maximum atomic E-state index is 13.5. The van der Waals surface area contributed by atoms with Crippen molar-refractivity contribution in [2.24, 2.45) is 5.92 Å². The van der Waals surface area contributed by atoms with E-state index in [0.717, 1.165) is 16.8 Å². The number of hydrogen-bond acceptors (Lipinski definition) is 5. The minimum atomic E-state index is -0.944. The van der Waals surface area contributed by atoms with Crippen molar-refractivity contribution >= 4 is 35.0 Å². The van der Waals surface area contributed by atoms with Gasteiger partial charge in [0.2, 0.25) is 17.7 Å². The highest BCUT2D eigenvalue weighted by Crippen LogP contribution is 2.19. The number of hydrogen-bond donors (Lipinski definition) is 5. The summed E-state index contributed by atoms with van der Waals surface area (Å²) in [5.74, 6) is -2.01. The lowest BCUT2D eigenvalue weighted by atomic mass is 10.0. The van der Waals surface area contributed by atoms with E-state index in [-0.39, 0.29) is 24.8 Å². The van der Waals surface area contributed by atoms with Crippen LogP contribution in [-0.4, -0.2) is 41.8 Å². The van der Waals surface area contributed by atoms with Crippen molar-refractivity contribution in [3.8, 4) is 0 Å². The van der Waals surface area contributed by atoms with E-state index in [1.165, 1.54) is 0 Å². The van der Waals surface area contributed by atoms with Gasteiger partial charge in [-0.2, -0.15) is 0 Å². The van der Waals surface area contributed by atoms with Gasteiger partial charge in [0.1, 0.15) is 18.1 Å². The average molecular weight is 542 g/mol. The smallest absolute Gasteiger partial charge is 0.252 e. The van der Waals surface area contributed by atoms with Crippen molar-refractivity contribution < 1.29 is 19.2 Å². The van der Waals surface area contributed by atoms with Crippen LogP contribution < -0.4 is 26.6 Å². The summed E-state index contributed by atoms with van der Waals surface area (Å²) in [4.78, 5) is 52.8. The molecule has 1 aliphatic rings. The number of benzene rings is 3. The van der Waals surface area contributed by atoms with Crippen LogP contribution >= 0.6 is 0 Å². The quantitative estimate of drug-likeness (QED) is 0.348. The first kappa shape index (κ1) is 28.4. The van der Waals surface area contributed by atoms with Crippen LogP contribution in [0, 0.1) is 5.92 Å². The molecule has 0 aliphatic carbocycles. The molecule has 2 unspecified atom stereocenters. The number of carbonyl (C=O) groups excluding carboxylic acids is 4. The minimum Gasteiger partial charge on any atom is -0.355 e. The highest BCUT2D eigenvalue weighted by Gasteiger charge is 2.30. The Morgan fingerprint density at radius 2 is 1.45 bits per heavy atom. The molecule has 1 aliphatic heterocycles. The van der Waals surface area contributed by atoms with E-state index in [1.807, 2.05) is 60.7 Å². The van der Waals surface area contributed by atoms with Crippen molar-refractivity contribution in [3.63, 3.8) is 0 Å². The fourth-order valence-electron chi connectivity index (χ4n) is 4.46. The summed E-state index contributed by atoms with van der Waals surface area (Å²) in [5.41, 5.74) is 3.57. The van der Waals surface area contributed by atoms with Crippen molar-refractivity contribution in [1.29, 1.82) is 0 Å². The lowest BCUT2D eigenvalue weighted by Crippen LogP contribution is -2.58. The molecule has 4 amide bonds. The van der Waals surface area contributed by atoms with Crippen LogP contribution in [0.5, 0.6) is 0 Å². The molecule has 0 saturated carbocycles. The molecule has 0 fully saturated rings. The molecule has 0 spiro atoms. The second-order valence-corrected chi connectivity index (χ2v) is 10.3. The first-order valence-electron chi connectivity index (χ1n) is 13.4. The van der Waals surface area contributed by atoms with E-state index in [4.69, 9.17) is 0 Å². The van der Waals surface area contributed by atoms with Gasteiger partial charge >= 0.3 is 0 Å². The minimum absolute atomic E-state index is 0.231. The molecule has 0 aromatic heterocycles. The average Bonchev–Trinajstić information content (AvgIpc) is 2.94. The maximum Gasteiger partial charge on any atom is 0.252 e. The fraction of sp³-hybridized carbons (Fsp3) is 0.290. The summed E-state index contributed by atoms with van der Waals surface area (Å²) in [7, 11) is 0. The number of nitrogens with one attached hydrogen (secondary N) is 5. The monoisotopic (exact) mass is 541 g/mol. The molecular formula is C31H35N5O4. The summed E-state index contributed by atoms with van der Waals surface area (Å²) >= 11 is 0. The summed E-state index contributed by atoms with van der Waals surface area (Å²) in [6.45, 7) is 5.47. The van der Waals surface area contributed by atoms with Gasteiger partial charge in [-0.3, -0.25) is 19.2 Å². The van der Waals surface area contributed by atoms with E-state index >= 15 is 0 Å². The van der Waals surface area contributed by atoms with E-state index in [1.54, 1.807) is 39.0 Å². The van der Waals surface area contributed by atoms with Crippen molar-refractivity contribution in [1.82, 2.24) is 21.3 Å². The number of fused-ring (bicyclic) bond motifs is 4. The van der Waals surface area contributed by atoms with Gasteiger partial charge in [-0.05, 0) is 54.3 Å². The molecule has 3 atom stereocenters. The van der Waals surface area contributed by atoms with Gasteiger partial charge in [-0.15, -0.1) is 0 Å². The number of amides is 4. The molecule has 208 valence electrons. The highest BCUT2D eigenvalue weighted by atomic mass is 16.2. The summed E-state index contributed by atoms with van der Waals surface area (Å²) in [6, 6.07) is 21.2. The lowest BCUT2D eigenvalue weighted by molar-refractivity contribution is -0.133. The van der Waals surface area contributed by atoms with Crippen LogP contribution in [0.15, 0.2) is 78.9 Å². The molecule has 5 N–H and O–H groups in total. The predicted octanol–water partition coefficient (Wildman–Crippen LogP) is 3.05. The third kappa shape index (κ3) is 7.47. The van der Waals surface area contributed by atoms with E-state index in [9.17, 15) is 19.2 Å². The largest absolute Gasteiger partial charge is 0.355 e. The van der Waals surface area contributed by atoms with Crippen LogP contribution in [0.3, 0.4) is 0 Å². The molecule has 0 saturated heterocycles. The standard InChI is InChI=1S/C31H35N5O4/c1-19(2)27-31(40)33-20(3)28(37)32-18-22-11-7-13-24(15-22)34-25-14-8-12-23(17-25)29(38)35-26(30(39)36-27)16-21-9-5-4-6-10-21/h4-15,17,19-20,26-27,34H,16,18H2,1-3H3,(H,32,37)(H,33,40)(H,35,38)(H,36,39)/t20-,26?,27?/m0/s1. The van der Waals surface area contributed by atoms with Crippen molar-refractivity contribution in [2.75, 3.05) is 5.32 Å². The van der Waals surface area contributed by atoms with Gasteiger partial charge < -0.3 is 26.6 Å². The molecular weight excluding hydrogens is 506 g/mol. The lowest BCUT2D eigenvalue weighted by Gasteiger charge is -2.26. The number of carbonyl (C=O) groups is 4. The normalized spacial score (nSPS) is 20.6. The molecule has 0 radical (unpaired) electrons. The molecule has 3 aromatic carbocycles. The van der Waals surface area contributed by atoms with Crippen LogP contribution in [0.1, 0.15) is 42.3 Å². The van der Waals surface area contributed by atoms with E-state index in [0.29, 0.717) is 11.3 Å². The Morgan fingerprint density at radius 1 is 0.750 bits per heavy atom. The summed E-state index contributed by atoms with van der Waals surface area (Å²) in [6.07, 6.45) is 0.231. The van der Waals surface area contributed by atoms with Gasteiger partial charge in [0.15, 0.2) is 0 Å². The third-order valence-corrected chi connectivity index (χ3v) is 6.71. The molecule has 9 nitrogen and oxygen atoms in total. The fourth-order valence-corrected chi connectivity index (χ4v) is 4.46. The van der Waals surface area contributed by atoms with Gasteiger partial charge in [-0.25, -0.2) is 0 Å². The van der Waals surface area contributed by atoms with Gasteiger partial charge in [0.25, 0.3) is 5.91 Å². The molecule has 4 rings (SSSR count). The molecule has 40 heavy (non-hydrogen) atoms. The first-order valence-corrected chi connectivity index (χ1v) is 13.4.